The van der Waals surface area contributed by atoms with Crippen LogP contribution in [0, 0.1) is 20.8 Å². The number of nitrogens with one attached hydrogen (secondary N) is 1. The Morgan fingerprint density at radius 2 is 2.00 bits per heavy atom. The molecule has 0 aliphatic heterocycles. The van der Waals surface area contributed by atoms with Crippen LogP contribution in [0.1, 0.15) is 22.8 Å². The molecule has 2 aromatic heterocycles. The highest BCUT2D eigenvalue weighted by Gasteiger charge is 2.06. The third kappa shape index (κ3) is 3.19. The first kappa shape index (κ1) is 13.3. The van der Waals surface area contributed by atoms with Crippen molar-refractivity contribution in [3.8, 4) is 5.75 Å². The highest BCUT2D eigenvalue weighted by molar-refractivity contribution is 5.45. The molecule has 2 aromatic rings. The van der Waals surface area contributed by atoms with Crippen molar-refractivity contribution in [3.63, 3.8) is 0 Å². The number of rotatable bonds is 4. The molecule has 5 nitrogen and oxygen atoms in total. The van der Waals surface area contributed by atoms with Gasteiger partial charge in [0.05, 0.1) is 19.3 Å². The van der Waals surface area contributed by atoms with E-state index >= 15 is 0 Å². The summed E-state index contributed by atoms with van der Waals surface area (Å²) in [5, 5.41) is 3.29. The average molecular weight is 258 g/mol. The van der Waals surface area contributed by atoms with Crippen LogP contribution >= 0.6 is 0 Å². The molecule has 0 aliphatic rings. The van der Waals surface area contributed by atoms with Gasteiger partial charge in [-0.3, -0.25) is 4.98 Å². The van der Waals surface area contributed by atoms with E-state index in [-0.39, 0.29) is 0 Å². The Kier molecular flexibility index (Phi) is 3.94. The largest absolute Gasteiger partial charge is 0.497 e. The van der Waals surface area contributed by atoms with E-state index < -0.39 is 0 Å². The van der Waals surface area contributed by atoms with E-state index in [1.54, 1.807) is 13.3 Å². The Labute approximate surface area is 113 Å². The molecule has 5 heteroatoms. The van der Waals surface area contributed by atoms with Crippen LogP contribution in [0.4, 0.5) is 5.82 Å². The molecule has 19 heavy (non-hydrogen) atoms. The van der Waals surface area contributed by atoms with Crippen molar-refractivity contribution in [2.75, 3.05) is 12.4 Å². The van der Waals surface area contributed by atoms with Gasteiger partial charge >= 0.3 is 0 Å². The predicted molar refractivity (Wildman–Crippen MR) is 74.4 cm³/mol. The van der Waals surface area contributed by atoms with Gasteiger partial charge in [0.2, 0.25) is 0 Å². The van der Waals surface area contributed by atoms with E-state index in [4.69, 9.17) is 4.74 Å². The van der Waals surface area contributed by atoms with E-state index in [0.717, 1.165) is 34.3 Å². The van der Waals surface area contributed by atoms with Gasteiger partial charge in [-0.1, -0.05) is 0 Å². The fourth-order valence-electron chi connectivity index (χ4n) is 1.79. The van der Waals surface area contributed by atoms with Gasteiger partial charge in [-0.15, -0.1) is 0 Å². The average Bonchev–Trinajstić information content (AvgIpc) is 2.41. The monoisotopic (exact) mass is 258 g/mol. The van der Waals surface area contributed by atoms with Crippen molar-refractivity contribution in [2.24, 2.45) is 0 Å². The minimum Gasteiger partial charge on any atom is -0.497 e. The summed E-state index contributed by atoms with van der Waals surface area (Å²) in [6.45, 7) is 6.49. The molecule has 0 aromatic carbocycles. The SMILES string of the molecule is COc1ccnc(CNc2nc(C)nc(C)c2C)c1. The highest BCUT2D eigenvalue weighted by atomic mass is 16.5. The number of aromatic nitrogens is 3. The molecule has 0 saturated heterocycles. The molecule has 0 bridgehead atoms. The second-order valence-corrected chi connectivity index (χ2v) is 4.37. The van der Waals surface area contributed by atoms with Crippen LogP contribution in [0.25, 0.3) is 0 Å². The number of hydrogen-bond donors (Lipinski definition) is 1. The van der Waals surface area contributed by atoms with E-state index in [9.17, 15) is 0 Å². The van der Waals surface area contributed by atoms with E-state index in [1.807, 2.05) is 32.9 Å². The third-order valence-corrected chi connectivity index (χ3v) is 2.96. The van der Waals surface area contributed by atoms with E-state index in [0.29, 0.717) is 6.54 Å². The van der Waals surface area contributed by atoms with Gasteiger partial charge in [0, 0.05) is 23.5 Å². The highest BCUT2D eigenvalue weighted by Crippen LogP contribution is 2.16. The molecule has 0 fully saturated rings. The molecule has 0 saturated carbocycles. The summed E-state index contributed by atoms with van der Waals surface area (Å²) in [6.07, 6.45) is 1.74. The third-order valence-electron chi connectivity index (χ3n) is 2.96. The molecule has 2 heterocycles. The molecule has 0 spiro atoms. The maximum Gasteiger partial charge on any atom is 0.133 e. The summed E-state index contributed by atoms with van der Waals surface area (Å²) in [5.74, 6) is 2.43. The summed E-state index contributed by atoms with van der Waals surface area (Å²) < 4.78 is 5.18. The zero-order valence-corrected chi connectivity index (χ0v) is 11.7. The van der Waals surface area contributed by atoms with Gasteiger partial charge in [-0.05, 0) is 26.8 Å². The maximum absolute atomic E-state index is 5.18. The molecule has 0 radical (unpaired) electrons. The van der Waals surface area contributed by atoms with Crippen LogP contribution in [0.15, 0.2) is 18.3 Å². The van der Waals surface area contributed by atoms with Crippen molar-refractivity contribution in [2.45, 2.75) is 27.3 Å². The van der Waals surface area contributed by atoms with E-state index in [1.165, 1.54) is 0 Å². The van der Waals surface area contributed by atoms with Gasteiger partial charge in [-0.25, -0.2) is 9.97 Å². The molecule has 2 rings (SSSR count). The lowest BCUT2D eigenvalue weighted by Gasteiger charge is -2.11. The lowest BCUT2D eigenvalue weighted by Crippen LogP contribution is -2.08. The molecule has 0 atom stereocenters. The second-order valence-electron chi connectivity index (χ2n) is 4.37. The minimum absolute atomic E-state index is 0.605. The van der Waals surface area contributed by atoms with Gasteiger partial charge in [0.15, 0.2) is 0 Å². The Hall–Kier alpha value is -2.17. The van der Waals surface area contributed by atoms with Crippen LogP contribution in [0.2, 0.25) is 0 Å². The Morgan fingerprint density at radius 1 is 1.21 bits per heavy atom. The molecular formula is C14H18N4O. The number of methoxy groups -OCH3 is 1. The van der Waals surface area contributed by atoms with Crippen LogP contribution in [0.3, 0.4) is 0 Å². The van der Waals surface area contributed by atoms with Crippen LogP contribution < -0.4 is 10.1 Å². The standard InChI is InChI=1S/C14H18N4O/c1-9-10(2)17-11(3)18-14(9)16-8-12-7-13(19-4)5-6-15-12/h5-7H,8H2,1-4H3,(H,16,17,18). The Balaban J connectivity index is 2.14. The summed E-state index contributed by atoms with van der Waals surface area (Å²) in [7, 11) is 1.65. The van der Waals surface area contributed by atoms with Crippen molar-refractivity contribution in [3.05, 3.63) is 41.1 Å². The summed E-state index contributed by atoms with van der Waals surface area (Å²) in [6, 6.07) is 3.73. The van der Waals surface area contributed by atoms with Crippen molar-refractivity contribution >= 4 is 5.82 Å². The first-order valence-corrected chi connectivity index (χ1v) is 6.15. The number of hydrogen-bond acceptors (Lipinski definition) is 5. The number of pyridine rings is 1. The predicted octanol–water partition coefficient (Wildman–Crippen LogP) is 2.42. The quantitative estimate of drug-likeness (QED) is 0.912. The smallest absolute Gasteiger partial charge is 0.133 e. The van der Waals surface area contributed by atoms with Crippen LogP contribution in [-0.2, 0) is 6.54 Å². The fraction of sp³-hybridized carbons (Fsp3) is 0.357. The minimum atomic E-state index is 0.605. The topological polar surface area (TPSA) is 59.9 Å². The Morgan fingerprint density at radius 3 is 2.74 bits per heavy atom. The lowest BCUT2D eigenvalue weighted by molar-refractivity contribution is 0.413. The Bertz CT molecular complexity index is 584. The summed E-state index contributed by atoms with van der Waals surface area (Å²) in [4.78, 5) is 13.0. The first-order chi connectivity index (χ1) is 9.10. The maximum atomic E-state index is 5.18. The molecule has 0 unspecified atom stereocenters. The van der Waals surface area contributed by atoms with Crippen molar-refractivity contribution in [1.82, 2.24) is 15.0 Å². The molecule has 1 N–H and O–H groups in total. The lowest BCUT2D eigenvalue weighted by atomic mass is 10.2. The van der Waals surface area contributed by atoms with Crippen molar-refractivity contribution in [1.29, 1.82) is 0 Å². The fourth-order valence-corrected chi connectivity index (χ4v) is 1.79. The van der Waals surface area contributed by atoms with Crippen molar-refractivity contribution < 1.29 is 4.74 Å². The van der Waals surface area contributed by atoms with Crippen LogP contribution in [-0.4, -0.2) is 22.1 Å². The number of anilines is 1. The molecule has 0 amide bonds. The van der Waals surface area contributed by atoms with Gasteiger partial charge < -0.3 is 10.1 Å². The first-order valence-electron chi connectivity index (χ1n) is 6.15. The normalized spacial score (nSPS) is 10.3. The zero-order valence-electron chi connectivity index (χ0n) is 11.7. The summed E-state index contributed by atoms with van der Waals surface area (Å²) >= 11 is 0. The molecule has 0 aliphatic carbocycles. The zero-order chi connectivity index (χ0) is 13.8. The van der Waals surface area contributed by atoms with Gasteiger partial charge in [0.1, 0.15) is 17.4 Å². The van der Waals surface area contributed by atoms with E-state index in [2.05, 4.69) is 20.3 Å². The molecular weight excluding hydrogens is 240 g/mol. The van der Waals surface area contributed by atoms with Gasteiger partial charge in [-0.2, -0.15) is 0 Å². The molecule has 100 valence electrons. The number of ether oxygens (including phenoxy) is 1. The second kappa shape index (κ2) is 5.65. The number of nitrogens with zero attached hydrogens (tertiary/aromatic N) is 3. The number of aryl methyl sites for hydroxylation is 2. The van der Waals surface area contributed by atoms with Gasteiger partial charge in [0.25, 0.3) is 0 Å². The summed E-state index contributed by atoms with van der Waals surface area (Å²) in [5.41, 5.74) is 2.97. The van der Waals surface area contributed by atoms with Crippen LogP contribution in [0.5, 0.6) is 5.75 Å².